The average Bonchev–Trinajstić information content (AvgIpc) is 2.53. The second-order valence-corrected chi connectivity index (χ2v) is 7.74. The average molecular weight is 356 g/mol. The van der Waals surface area contributed by atoms with Crippen molar-refractivity contribution in [1.82, 2.24) is 9.62 Å². The molecule has 8 heteroatoms. The Kier molecular flexibility index (Phi) is 5.84. The zero-order valence-corrected chi connectivity index (χ0v) is 15.2. The van der Waals surface area contributed by atoms with E-state index in [2.05, 4.69) is 5.32 Å². The highest BCUT2D eigenvalue weighted by Gasteiger charge is 2.33. The Hall–Kier alpha value is -1.64. The topological polar surface area (TPSA) is 84.9 Å². The first-order valence-corrected chi connectivity index (χ1v) is 9.35. The molecule has 2 rings (SSSR count). The summed E-state index contributed by atoms with van der Waals surface area (Å²) in [5, 5.41) is 2.66. The predicted molar refractivity (Wildman–Crippen MR) is 89.8 cm³/mol. The van der Waals surface area contributed by atoms with E-state index in [1.165, 1.54) is 29.6 Å². The summed E-state index contributed by atoms with van der Waals surface area (Å²) in [4.78, 5) is 12.2. The van der Waals surface area contributed by atoms with Gasteiger partial charge in [-0.15, -0.1) is 0 Å². The third kappa shape index (κ3) is 3.88. The first-order valence-electron chi connectivity index (χ1n) is 7.91. The molecule has 1 aliphatic rings. The van der Waals surface area contributed by atoms with Gasteiger partial charge in [0, 0.05) is 19.6 Å². The Morgan fingerprint density at radius 2 is 1.96 bits per heavy atom. The van der Waals surface area contributed by atoms with Crippen molar-refractivity contribution < 1.29 is 22.7 Å². The van der Waals surface area contributed by atoms with Crippen LogP contribution in [0.25, 0.3) is 0 Å². The molecule has 0 unspecified atom stereocenters. The lowest BCUT2D eigenvalue weighted by molar-refractivity contribution is -0.0440. The zero-order chi connectivity index (χ0) is 17.9. The summed E-state index contributed by atoms with van der Waals surface area (Å²) in [6, 6.07) is 4.33. The lowest BCUT2D eigenvalue weighted by Crippen LogP contribution is -2.48. The van der Waals surface area contributed by atoms with E-state index >= 15 is 0 Å². The minimum absolute atomic E-state index is 0.0749. The van der Waals surface area contributed by atoms with Crippen LogP contribution in [0, 0.1) is 0 Å². The fraction of sp³-hybridized carbons (Fsp3) is 0.562. The van der Waals surface area contributed by atoms with Crippen molar-refractivity contribution >= 4 is 15.9 Å². The summed E-state index contributed by atoms with van der Waals surface area (Å²) in [6.45, 7) is 6.49. The van der Waals surface area contributed by atoms with Crippen molar-refractivity contribution in [2.75, 3.05) is 26.7 Å². The van der Waals surface area contributed by atoms with Crippen molar-refractivity contribution in [1.29, 1.82) is 0 Å². The molecular formula is C16H24N2O5S. The van der Waals surface area contributed by atoms with E-state index in [0.717, 1.165) is 0 Å². The number of carbonyl (C=O) groups excluding carboxylic acids is 1. The number of carbonyl (C=O) groups is 1. The van der Waals surface area contributed by atoms with E-state index in [1.54, 1.807) is 6.92 Å². The van der Waals surface area contributed by atoms with Crippen LogP contribution in [0.1, 0.15) is 31.1 Å². The van der Waals surface area contributed by atoms with Gasteiger partial charge in [-0.1, -0.05) is 0 Å². The van der Waals surface area contributed by atoms with Gasteiger partial charge < -0.3 is 14.8 Å². The van der Waals surface area contributed by atoms with Crippen LogP contribution in [0.15, 0.2) is 23.1 Å². The largest absolute Gasteiger partial charge is 0.496 e. The van der Waals surface area contributed by atoms with Gasteiger partial charge in [0.15, 0.2) is 0 Å². The highest BCUT2D eigenvalue weighted by Crippen LogP contribution is 2.26. The van der Waals surface area contributed by atoms with E-state index in [9.17, 15) is 13.2 Å². The summed E-state index contributed by atoms with van der Waals surface area (Å²) in [6.07, 6.45) is -0.353. The molecule has 0 radical (unpaired) electrons. The predicted octanol–water partition coefficient (Wildman–Crippen LogP) is 1.24. The molecule has 1 aromatic carbocycles. The molecule has 1 aromatic rings. The van der Waals surface area contributed by atoms with Gasteiger partial charge in [-0.25, -0.2) is 8.42 Å². The van der Waals surface area contributed by atoms with E-state index in [4.69, 9.17) is 9.47 Å². The molecular weight excluding hydrogens is 332 g/mol. The summed E-state index contributed by atoms with van der Waals surface area (Å²) in [7, 11) is -2.26. The van der Waals surface area contributed by atoms with E-state index in [-0.39, 0.29) is 41.7 Å². The van der Waals surface area contributed by atoms with Gasteiger partial charge in [-0.05, 0) is 39.0 Å². The molecule has 0 bridgehead atoms. The number of hydrogen-bond acceptors (Lipinski definition) is 5. The van der Waals surface area contributed by atoms with E-state index < -0.39 is 10.0 Å². The molecule has 1 saturated heterocycles. The molecule has 0 spiro atoms. The smallest absolute Gasteiger partial charge is 0.255 e. The standard InChI is InChI=1S/C16H24N2O5S/c1-5-17-16(19)14-8-13(6-7-15(14)22-4)24(20,21)18-9-11(2)23-12(3)10-18/h6-8,11-12H,5,9-10H2,1-4H3,(H,17,19)/t11-,12-/m1/s1. The fourth-order valence-corrected chi connectivity index (χ4v) is 4.37. The molecule has 0 aromatic heterocycles. The Balaban J connectivity index is 2.40. The SMILES string of the molecule is CCNC(=O)c1cc(S(=O)(=O)N2C[C@@H](C)O[C@H](C)C2)ccc1OC. The Bertz CT molecular complexity index is 694. The lowest BCUT2D eigenvalue weighted by Gasteiger charge is -2.34. The van der Waals surface area contributed by atoms with Crippen LogP contribution in [-0.2, 0) is 14.8 Å². The lowest BCUT2D eigenvalue weighted by atomic mass is 10.2. The maximum atomic E-state index is 12.9. The number of rotatable bonds is 5. The molecule has 0 saturated carbocycles. The normalized spacial score (nSPS) is 22.2. The first kappa shape index (κ1) is 18.7. The maximum absolute atomic E-state index is 12.9. The zero-order valence-electron chi connectivity index (χ0n) is 14.4. The van der Waals surface area contributed by atoms with Gasteiger partial charge in [0.25, 0.3) is 5.91 Å². The quantitative estimate of drug-likeness (QED) is 0.858. The fourth-order valence-electron chi connectivity index (χ4n) is 2.76. The highest BCUT2D eigenvalue weighted by molar-refractivity contribution is 7.89. The molecule has 0 aliphatic carbocycles. The van der Waals surface area contributed by atoms with Crippen molar-refractivity contribution in [3.8, 4) is 5.75 Å². The van der Waals surface area contributed by atoms with Crippen molar-refractivity contribution in [2.45, 2.75) is 37.9 Å². The summed E-state index contributed by atoms with van der Waals surface area (Å²) >= 11 is 0. The van der Waals surface area contributed by atoms with E-state index in [0.29, 0.717) is 12.3 Å². The van der Waals surface area contributed by atoms with Gasteiger partial charge >= 0.3 is 0 Å². The van der Waals surface area contributed by atoms with Crippen LogP contribution >= 0.6 is 0 Å². The number of benzene rings is 1. The summed E-state index contributed by atoms with van der Waals surface area (Å²) in [5.74, 6) is -0.0290. The van der Waals surface area contributed by atoms with Gasteiger partial charge in [0.1, 0.15) is 5.75 Å². The molecule has 2 atom stereocenters. The number of sulfonamides is 1. The van der Waals surface area contributed by atoms with Crippen LogP contribution in [0.2, 0.25) is 0 Å². The number of methoxy groups -OCH3 is 1. The van der Waals surface area contributed by atoms with Crippen LogP contribution < -0.4 is 10.1 Å². The minimum atomic E-state index is -3.71. The van der Waals surface area contributed by atoms with Gasteiger partial charge in [0.05, 0.1) is 29.8 Å². The minimum Gasteiger partial charge on any atom is -0.496 e. The third-order valence-corrected chi connectivity index (χ3v) is 5.60. The van der Waals surface area contributed by atoms with Gasteiger partial charge in [0.2, 0.25) is 10.0 Å². The number of morpholine rings is 1. The molecule has 1 N–H and O–H groups in total. The van der Waals surface area contributed by atoms with Crippen LogP contribution in [0.3, 0.4) is 0 Å². The molecule has 1 amide bonds. The number of ether oxygens (including phenoxy) is 2. The molecule has 1 aliphatic heterocycles. The van der Waals surface area contributed by atoms with Crippen LogP contribution in [0.4, 0.5) is 0 Å². The summed E-state index contributed by atoms with van der Waals surface area (Å²) in [5.41, 5.74) is 0.204. The highest BCUT2D eigenvalue weighted by atomic mass is 32.2. The molecule has 7 nitrogen and oxygen atoms in total. The molecule has 1 fully saturated rings. The van der Waals surface area contributed by atoms with Crippen molar-refractivity contribution in [3.05, 3.63) is 23.8 Å². The summed E-state index contributed by atoms with van der Waals surface area (Å²) < 4.78 is 38.0. The first-order chi connectivity index (χ1) is 11.3. The third-order valence-electron chi connectivity index (χ3n) is 3.78. The second-order valence-electron chi connectivity index (χ2n) is 5.80. The molecule has 24 heavy (non-hydrogen) atoms. The van der Waals surface area contributed by atoms with Gasteiger partial charge in [-0.2, -0.15) is 4.31 Å². The number of hydrogen-bond donors (Lipinski definition) is 1. The number of nitrogens with one attached hydrogen (secondary N) is 1. The molecule has 1 heterocycles. The Morgan fingerprint density at radius 1 is 1.33 bits per heavy atom. The van der Waals surface area contributed by atoms with Crippen molar-refractivity contribution in [2.24, 2.45) is 0 Å². The van der Waals surface area contributed by atoms with Crippen LogP contribution in [-0.4, -0.2) is 57.6 Å². The van der Waals surface area contributed by atoms with Gasteiger partial charge in [-0.3, -0.25) is 4.79 Å². The molecule has 134 valence electrons. The number of nitrogens with zero attached hydrogens (tertiary/aromatic N) is 1. The Labute approximate surface area is 143 Å². The van der Waals surface area contributed by atoms with E-state index in [1.807, 2.05) is 13.8 Å². The number of amides is 1. The monoisotopic (exact) mass is 356 g/mol. The second kappa shape index (κ2) is 7.50. The maximum Gasteiger partial charge on any atom is 0.255 e. The van der Waals surface area contributed by atoms with Crippen molar-refractivity contribution in [3.63, 3.8) is 0 Å². The van der Waals surface area contributed by atoms with Crippen LogP contribution in [0.5, 0.6) is 5.75 Å². The Morgan fingerprint density at radius 3 is 2.50 bits per heavy atom.